The Hall–Kier alpha value is -1.63. The molecule has 1 rings (SSSR count). The summed E-state index contributed by atoms with van der Waals surface area (Å²) in [4.78, 5) is 10.3. The van der Waals surface area contributed by atoms with Crippen LogP contribution in [0.3, 0.4) is 0 Å². The number of sulfone groups is 1. The number of nitrogens with zero attached hydrogens (tertiary/aromatic N) is 1. The lowest BCUT2D eigenvalue weighted by Crippen LogP contribution is -2.25. The topological polar surface area (TPSA) is 89.3 Å². The highest BCUT2D eigenvalue weighted by Crippen LogP contribution is 2.25. The van der Waals surface area contributed by atoms with Gasteiger partial charge in [-0.25, -0.2) is 8.42 Å². The van der Waals surface area contributed by atoms with Crippen molar-refractivity contribution in [2.24, 2.45) is 0 Å². The zero-order valence-corrected chi connectivity index (χ0v) is 11.3. The maximum absolute atomic E-state index is 11.1. The molecule has 0 saturated carbocycles. The Morgan fingerprint density at radius 2 is 2.06 bits per heavy atom. The molecule has 1 atom stereocenters. The fourth-order valence-corrected chi connectivity index (χ4v) is 2.73. The molecule has 1 aromatic carbocycles. The number of hydrogen-bond acceptors (Lipinski definition) is 5. The lowest BCUT2D eigenvalue weighted by molar-refractivity contribution is -0.385. The van der Waals surface area contributed by atoms with Gasteiger partial charge in [0.15, 0.2) is 0 Å². The average Bonchev–Trinajstić information content (AvgIpc) is 2.17. The van der Waals surface area contributed by atoms with Crippen molar-refractivity contribution < 1.29 is 13.3 Å². The first-order valence-electron chi connectivity index (χ1n) is 5.39. The van der Waals surface area contributed by atoms with Gasteiger partial charge in [-0.1, -0.05) is 6.07 Å². The second-order valence-corrected chi connectivity index (χ2v) is 6.53. The highest BCUT2D eigenvalue weighted by atomic mass is 32.2. The molecule has 0 aromatic heterocycles. The predicted molar refractivity (Wildman–Crippen MR) is 70.6 cm³/mol. The molecule has 7 heteroatoms. The van der Waals surface area contributed by atoms with Crippen LogP contribution in [-0.4, -0.2) is 31.4 Å². The average molecular weight is 272 g/mol. The van der Waals surface area contributed by atoms with Crippen molar-refractivity contribution in [3.63, 3.8) is 0 Å². The van der Waals surface area contributed by atoms with Crippen molar-refractivity contribution in [1.29, 1.82) is 0 Å². The third kappa shape index (κ3) is 3.99. The highest BCUT2D eigenvalue weighted by Gasteiger charge is 2.16. The number of nitro groups is 1. The van der Waals surface area contributed by atoms with Crippen LogP contribution < -0.4 is 5.32 Å². The van der Waals surface area contributed by atoms with E-state index >= 15 is 0 Å². The number of nitrogens with one attached hydrogen (secondary N) is 1. The largest absolute Gasteiger partial charge is 0.381 e. The molecule has 1 aromatic rings. The molecule has 0 fully saturated rings. The third-order valence-corrected chi connectivity index (χ3v) is 3.56. The number of rotatable bonds is 5. The summed E-state index contributed by atoms with van der Waals surface area (Å²) in [7, 11) is -3.08. The Labute approximate surface area is 106 Å². The molecule has 100 valence electrons. The molecule has 0 bridgehead atoms. The summed E-state index contributed by atoms with van der Waals surface area (Å²) in [6.07, 6.45) is 1.16. The second kappa shape index (κ2) is 5.34. The van der Waals surface area contributed by atoms with Crippen LogP contribution in [0.5, 0.6) is 0 Å². The van der Waals surface area contributed by atoms with Gasteiger partial charge in [0.25, 0.3) is 5.69 Å². The molecular weight excluding hydrogens is 256 g/mol. The summed E-state index contributed by atoms with van der Waals surface area (Å²) in [5, 5.41) is 13.7. The van der Waals surface area contributed by atoms with E-state index in [1.807, 2.05) is 0 Å². The number of hydrogen-bond donors (Lipinski definition) is 1. The van der Waals surface area contributed by atoms with Gasteiger partial charge in [0.1, 0.15) is 9.84 Å². The smallest absolute Gasteiger partial charge is 0.274 e. The molecular formula is C11H16N2O4S. The molecule has 18 heavy (non-hydrogen) atoms. The van der Waals surface area contributed by atoms with Gasteiger partial charge < -0.3 is 5.32 Å². The fourth-order valence-electron chi connectivity index (χ4n) is 1.74. The van der Waals surface area contributed by atoms with Crippen LogP contribution in [0.15, 0.2) is 18.2 Å². The van der Waals surface area contributed by atoms with E-state index < -0.39 is 14.8 Å². The Morgan fingerprint density at radius 1 is 1.44 bits per heavy atom. The number of nitro benzene ring substituents is 1. The van der Waals surface area contributed by atoms with Gasteiger partial charge >= 0.3 is 0 Å². The first-order valence-corrected chi connectivity index (χ1v) is 7.45. The molecule has 1 N–H and O–H groups in total. The quantitative estimate of drug-likeness (QED) is 0.651. The molecule has 1 unspecified atom stereocenters. The van der Waals surface area contributed by atoms with Gasteiger partial charge in [-0.05, 0) is 19.9 Å². The predicted octanol–water partition coefficient (Wildman–Crippen LogP) is 1.75. The van der Waals surface area contributed by atoms with E-state index in [4.69, 9.17) is 0 Å². The van der Waals surface area contributed by atoms with Crippen molar-refractivity contribution >= 4 is 21.2 Å². The van der Waals surface area contributed by atoms with Gasteiger partial charge in [0, 0.05) is 29.6 Å². The highest BCUT2D eigenvalue weighted by molar-refractivity contribution is 7.90. The lowest BCUT2D eigenvalue weighted by Gasteiger charge is -2.15. The van der Waals surface area contributed by atoms with Crippen molar-refractivity contribution in [2.45, 2.75) is 19.9 Å². The molecule has 0 aliphatic rings. The fraction of sp³-hybridized carbons (Fsp3) is 0.455. The standard InChI is InChI=1S/C11H16N2O4S/c1-8(7-18(3,16)17)12-10-5-4-6-11(9(10)2)13(14)15/h4-6,8,12H,7H2,1-3H3. The second-order valence-electron chi connectivity index (χ2n) is 4.34. The van der Waals surface area contributed by atoms with Crippen molar-refractivity contribution in [2.75, 3.05) is 17.3 Å². The molecule has 0 heterocycles. The van der Waals surface area contributed by atoms with Crippen molar-refractivity contribution in [1.82, 2.24) is 0 Å². The first-order chi connectivity index (χ1) is 8.20. The van der Waals surface area contributed by atoms with E-state index in [2.05, 4.69) is 5.32 Å². The van der Waals surface area contributed by atoms with Crippen LogP contribution in [0.25, 0.3) is 0 Å². The van der Waals surface area contributed by atoms with Crippen LogP contribution in [-0.2, 0) is 9.84 Å². The zero-order chi connectivity index (χ0) is 13.9. The summed E-state index contributed by atoms with van der Waals surface area (Å²) in [5.41, 5.74) is 1.11. The lowest BCUT2D eigenvalue weighted by atomic mass is 10.1. The molecule has 0 saturated heterocycles. The normalized spacial score (nSPS) is 13.1. The van der Waals surface area contributed by atoms with E-state index in [-0.39, 0.29) is 17.5 Å². The Bertz CT molecular complexity index is 554. The summed E-state index contributed by atoms with van der Waals surface area (Å²) in [5.74, 6) is -0.0187. The molecule has 0 amide bonds. The minimum atomic E-state index is -3.08. The van der Waals surface area contributed by atoms with Gasteiger partial charge in [0.05, 0.1) is 10.7 Å². The van der Waals surface area contributed by atoms with Gasteiger partial charge in [0.2, 0.25) is 0 Å². The van der Waals surface area contributed by atoms with E-state index in [1.165, 1.54) is 6.07 Å². The summed E-state index contributed by atoms with van der Waals surface area (Å²) >= 11 is 0. The van der Waals surface area contributed by atoms with Crippen LogP contribution in [0, 0.1) is 17.0 Å². The van der Waals surface area contributed by atoms with Crippen LogP contribution >= 0.6 is 0 Å². The maximum Gasteiger partial charge on any atom is 0.274 e. The number of anilines is 1. The van der Waals surface area contributed by atoms with Gasteiger partial charge in [-0.3, -0.25) is 10.1 Å². The SMILES string of the molecule is Cc1c(NC(C)CS(C)(=O)=O)cccc1[N+](=O)[O-]. The van der Waals surface area contributed by atoms with E-state index in [0.29, 0.717) is 11.3 Å². The maximum atomic E-state index is 11.1. The minimum Gasteiger partial charge on any atom is -0.381 e. The number of benzene rings is 1. The minimum absolute atomic E-state index is 0.0187. The monoisotopic (exact) mass is 272 g/mol. The molecule has 0 radical (unpaired) electrons. The molecule has 0 aliphatic carbocycles. The Morgan fingerprint density at radius 3 is 2.56 bits per heavy atom. The van der Waals surface area contributed by atoms with Gasteiger partial charge in [-0.2, -0.15) is 0 Å². The van der Waals surface area contributed by atoms with E-state index in [0.717, 1.165) is 6.26 Å². The van der Waals surface area contributed by atoms with Crippen LogP contribution in [0.1, 0.15) is 12.5 Å². The van der Waals surface area contributed by atoms with Gasteiger partial charge in [-0.15, -0.1) is 0 Å². The summed E-state index contributed by atoms with van der Waals surface area (Å²) in [6, 6.07) is 4.38. The summed E-state index contributed by atoms with van der Waals surface area (Å²) in [6.45, 7) is 3.35. The molecule has 0 aliphatic heterocycles. The molecule has 6 nitrogen and oxygen atoms in total. The first kappa shape index (κ1) is 14.4. The van der Waals surface area contributed by atoms with Crippen LogP contribution in [0.2, 0.25) is 0 Å². The van der Waals surface area contributed by atoms with Crippen LogP contribution in [0.4, 0.5) is 11.4 Å². The Kier molecular flexibility index (Phi) is 4.28. The molecule has 0 spiro atoms. The third-order valence-electron chi connectivity index (χ3n) is 2.46. The van der Waals surface area contributed by atoms with E-state index in [9.17, 15) is 18.5 Å². The zero-order valence-electron chi connectivity index (χ0n) is 10.5. The van der Waals surface area contributed by atoms with Crippen molar-refractivity contribution in [3.05, 3.63) is 33.9 Å². The van der Waals surface area contributed by atoms with Crippen molar-refractivity contribution in [3.8, 4) is 0 Å². The summed E-state index contributed by atoms with van der Waals surface area (Å²) < 4.78 is 22.3. The Balaban J connectivity index is 2.92. The van der Waals surface area contributed by atoms with E-state index in [1.54, 1.807) is 26.0 Å².